The highest BCUT2D eigenvalue weighted by Crippen LogP contribution is 2.34. The third-order valence-corrected chi connectivity index (χ3v) is 3.01. The van der Waals surface area contributed by atoms with E-state index in [-0.39, 0.29) is 5.78 Å². The predicted molar refractivity (Wildman–Crippen MR) is 60.0 cm³/mol. The Morgan fingerprint density at radius 1 is 1.50 bits per heavy atom. The molecule has 0 heterocycles. The van der Waals surface area contributed by atoms with Gasteiger partial charge in [0, 0.05) is 0 Å². The normalized spacial score (nSPS) is 33.1. The minimum absolute atomic E-state index is 0.149. The van der Waals surface area contributed by atoms with Crippen molar-refractivity contribution in [2.45, 2.75) is 34.1 Å². The van der Waals surface area contributed by atoms with Crippen LogP contribution >= 0.6 is 0 Å². The van der Waals surface area contributed by atoms with Crippen LogP contribution in [0.1, 0.15) is 34.1 Å². The van der Waals surface area contributed by atoms with E-state index in [0.29, 0.717) is 17.8 Å². The Bertz CT molecular complexity index is 273. The van der Waals surface area contributed by atoms with Gasteiger partial charge in [-0.2, -0.15) is 0 Å². The lowest BCUT2D eigenvalue weighted by molar-refractivity contribution is -0.112. The van der Waals surface area contributed by atoms with Gasteiger partial charge in [-0.3, -0.25) is 4.79 Å². The van der Waals surface area contributed by atoms with Crippen LogP contribution in [0.4, 0.5) is 0 Å². The molecule has 1 aliphatic rings. The van der Waals surface area contributed by atoms with Gasteiger partial charge in [0.05, 0.1) is 0 Å². The first-order valence-corrected chi connectivity index (χ1v) is 5.36. The lowest BCUT2D eigenvalue weighted by atomic mass is 9.75. The van der Waals surface area contributed by atoms with Gasteiger partial charge in [0.2, 0.25) is 0 Å². The minimum Gasteiger partial charge on any atom is -0.295 e. The lowest BCUT2D eigenvalue weighted by Crippen LogP contribution is -2.21. The Morgan fingerprint density at radius 2 is 2.14 bits per heavy atom. The number of carbonyl (C=O) groups excluding carboxylic acids is 1. The second-order valence-corrected chi connectivity index (χ2v) is 4.60. The first-order valence-electron chi connectivity index (χ1n) is 5.36. The molecule has 14 heavy (non-hydrogen) atoms. The molecule has 1 rings (SSSR count). The van der Waals surface area contributed by atoms with Crippen LogP contribution < -0.4 is 0 Å². The van der Waals surface area contributed by atoms with Gasteiger partial charge in [0.1, 0.15) is 0 Å². The van der Waals surface area contributed by atoms with Crippen molar-refractivity contribution in [2.24, 2.45) is 17.8 Å². The monoisotopic (exact) mass is 192 g/mol. The van der Waals surface area contributed by atoms with Crippen LogP contribution in [-0.2, 0) is 4.79 Å². The lowest BCUT2D eigenvalue weighted by Gasteiger charge is -2.30. The SMILES string of the molecule is CC(=O)/C=C/[C@@H]1[C@H](C)CC(C)=C[C@@H]1C. The quantitative estimate of drug-likeness (QED) is 0.484. The molecule has 0 spiro atoms. The van der Waals surface area contributed by atoms with Crippen LogP contribution in [0.5, 0.6) is 0 Å². The van der Waals surface area contributed by atoms with E-state index in [0.717, 1.165) is 6.42 Å². The first kappa shape index (κ1) is 11.2. The molecular formula is C13H20O. The molecule has 0 aliphatic heterocycles. The van der Waals surface area contributed by atoms with E-state index in [1.807, 2.05) is 0 Å². The third kappa shape index (κ3) is 2.83. The van der Waals surface area contributed by atoms with E-state index in [1.165, 1.54) is 5.57 Å². The number of ketones is 1. The van der Waals surface area contributed by atoms with E-state index in [1.54, 1.807) is 13.0 Å². The number of allylic oxidation sites excluding steroid dienone is 4. The summed E-state index contributed by atoms with van der Waals surface area (Å²) in [5, 5.41) is 0. The third-order valence-electron chi connectivity index (χ3n) is 3.01. The molecule has 78 valence electrons. The fourth-order valence-corrected chi connectivity index (χ4v) is 2.40. The highest BCUT2D eigenvalue weighted by atomic mass is 16.1. The zero-order chi connectivity index (χ0) is 10.7. The van der Waals surface area contributed by atoms with E-state index in [9.17, 15) is 4.79 Å². The Kier molecular flexibility index (Phi) is 3.68. The molecule has 0 saturated carbocycles. The van der Waals surface area contributed by atoms with Crippen molar-refractivity contribution in [3.63, 3.8) is 0 Å². The molecule has 0 unspecified atom stereocenters. The molecular weight excluding hydrogens is 172 g/mol. The fourth-order valence-electron chi connectivity index (χ4n) is 2.40. The summed E-state index contributed by atoms with van der Waals surface area (Å²) in [6.07, 6.45) is 7.29. The topological polar surface area (TPSA) is 17.1 Å². The molecule has 1 heteroatoms. The molecule has 3 atom stereocenters. The fraction of sp³-hybridized carbons (Fsp3) is 0.615. The predicted octanol–water partition coefficient (Wildman–Crippen LogP) is 3.37. The van der Waals surface area contributed by atoms with E-state index in [2.05, 4.69) is 32.9 Å². The number of hydrogen-bond acceptors (Lipinski definition) is 1. The Morgan fingerprint density at radius 3 is 2.64 bits per heavy atom. The molecule has 0 N–H and O–H groups in total. The summed E-state index contributed by atoms with van der Waals surface area (Å²) in [7, 11) is 0. The molecule has 0 fully saturated rings. The van der Waals surface area contributed by atoms with Gasteiger partial charge in [-0.25, -0.2) is 0 Å². The number of carbonyl (C=O) groups is 1. The van der Waals surface area contributed by atoms with Crippen LogP contribution in [0.25, 0.3) is 0 Å². The van der Waals surface area contributed by atoms with Gasteiger partial charge in [-0.05, 0) is 44.1 Å². The molecule has 0 amide bonds. The largest absolute Gasteiger partial charge is 0.295 e. The summed E-state index contributed by atoms with van der Waals surface area (Å²) in [6, 6.07) is 0. The maximum Gasteiger partial charge on any atom is 0.152 e. The summed E-state index contributed by atoms with van der Waals surface area (Å²) in [5.41, 5.74) is 1.48. The highest BCUT2D eigenvalue weighted by Gasteiger charge is 2.24. The maximum atomic E-state index is 10.9. The van der Waals surface area contributed by atoms with Crippen LogP contribution in [0, 0.1) is 17.8 Å². The molecule has 1 nitrogen and oxygen atoms in total. The van der Waals surface area contributed by atoms with Crippen molar-refractivity contribution in [3.05, 3.63) is 23.8 Å². The van der Waals surface area contributed by atoms with E-state index >= 15 is 0 Å². The van der Waals surface area contributed by atoms with Gasteiger partial charge in [-0.15, -0.1) is 0 Å². The maximum absolute atomic E-state index is 10.9. The van der Waals surface area contributed by atoms with E-state index in [4.69, 9.17) is 0 Å². The molecule has 0 aromatic heterocycles. The van der Waals surface area contributed by atoms with Crippen molar-refractivity contribution in [2.75, 3.05) is 0 Å². The van der Waals surface area contributed by atoms with E-state index < -0.39 is 0 Å². The van der Waals surface area contributed by atoms with Crippen LogP contribution in [0.3, 0.4) is 0 Å². The average molecular weight is 192 g/mol. The summed E-state index contributed by atoms with van der Waals surface area (Å²) in [6.45, 7) is 8.30. The van der Waals surface area contributed by atoms with Gasteiger partial charge >= 0.3 is 0 Å². The average Bonchev–Trinajstić information content (AvgIpc) is 2.01. The Hall–Kier alpha value is -0.850. The smallest absolute Gasteiger partial charge is 0.152 e. The Balaban J connectivity index is 2.74. The van der Waals surface area contributed by atoms with Gasteiger partial charge in [-0.1, -0.05) is 31.6 Å². The van der Waals surface area contributed by atoms with Crippen molar-refractivity contribution in [3.8, 4) is 0 Å². The van der Waals surface area contributed by atoms with Crippen LogP contribution in [0.2, 0.25) is 0 Å². The molecule has 1 aliphatic carbocycles. The minimum atomic E-state index is 0.149. The van der Waals surface area contributed by atoms with Crippen molar-refractivity contribution in [1.29, 1.82) is 0 Å². The summed E-state index contributed by atoms with van der Waals surface area (Å²) in [5.74, 6) is 1.90. The van der Waals surface area contributed by atoms with Crippen LogP contribution in [-0.4, -0.2) is 5.78 Å². The molecule has 0 bridgehead atoms. The standard InChI is InChI=1S/C13H20O/c1-9-7-10(2)13(11(3)8-9)6-5-12(4)14/h5-7,10-11,13H,8H2,1-4H3/b6-5+/t10-,11+,13-/m0/s1. The van der Waals surface area contributed by atoms with Gasteiger partial charge in [0.15, 0.2) is 5.78 Å². The zero-order valence-electron chi connectivity index (χ0n) is 9.58. The summed E-state index contributed by atoms with van der Waals surface area (Å²) < 4.78 is 0. The van der Waals surface area contributed by atoms with Crippen molar-refractivity contribution >= 4 is 5.78 Å². The Labute approximate surface area is 86.9 Å². The molecule has 0 radical (unpaired) electrons. The molecule has 0 aromatic carbocycles. The highest BCUT2D eigenvalue weighted by molar-refractivity contribution is 5.87. The van der Waals surface area contributed by atoms with Gasteiger partial charge in [0.25, 0.3) is 0 Å². The van der Waals surface area contributed by atoms with Crippen LogP contribution in [0.15, 0.2) is 23.8 Å². The van der Waals surface area contributed by atoms with Gasteiger partial charge < -0.3 is 0 Å². The summed E-state index contributed by atoms with van der Waals surface area (Å²) >= 11 is 0. The second-order valence-electron chi connectivity index (χ2n) is 4.60. The van der Waals surface area contributed by atoms with Crippen molar-refractivity contribution in [1.82, 2.24) is 0 Å². The second kappa shape index (κ2) is 4.59. The molecule has 0 saturated heterocycles. The van der Waals surface area contributed by atoms with Crippen molar-refractivity contribution < 1.29 is 4.79 Å². The number of hydrogen-bond donors (Lipinski definition) is 0. The zero-order valence-corrected chi connectivity index (χ0v) is 9.58. The number of rotatable bonds is 2. The molecule has 0 aromatic rings. The first-order chi connectivity index (χ1) is 6.50. The summed E-state index contributed by atoms with van der Waals surface area (Å²) in [4.78, 5) is 10.9.